The Kier molecular flexibility index (Phi) is 7.07. The molecule has 0 aliphatic carbocycles. The summed E-state index contributed by atoms with van der Waals surface area (Å²) in [4.78, 5) is 2.52. The second-order valence-corrected chi connectivity index (χ2v) is 9.41. The van der Waals surface area contributed by atoms with E-state index in [0.717, 1.165) is 12.1 Å². The number of methoxy groups -OCH3 is 1. The molecule has 8 nitrogen and oxygen atoms in total. The molecule has 3 aromatic rings. The zero-order chi connectivity index (χ0) is 22.8. The van der Waals surface area contributed by atoms with Gasteiger partial charge in [-0.1, -0.05) is 16.7 Å². The van der Waals surface area contributed by atoms with Gasteiger partial charge < -0.3 is 9.30 Å². The summed E-state index contributed by atoms with van der Waals surface area (Å²) < 4.78 is 62.8. The third-order valence-electron chi connectivity index (χ3n) is 4.38. The summed E-state index contributed by atoms with van der Waals surface area (Å²) in [5, 5.41) is 4.14. The first kappa shape index (κ1) is 23.3. The van der Waals surface area contributed by atoms with Crippen molar-refractivity contribution < 1.29 is 21.9 Å². The number of ether oxygens (including phenoxy) is 1. The molecular formula is C18H15BrClF2N5O3S. The molecule has 1 aromatic heterocycles. The molecule has 2 aromatic carbocycles. The Labute approximate surface area is 189 Å². The number of fused-ring (bicyclic) bond motifs is 1. The fraction of sp³-hybridized carbons (Fsp3) is 0.222. The number of hydrogen-bond acceptors (Lipinski definition) is 4. The first-order valence-electron chi connectivity index (χ1n) is 8.66. The molecule has 13 heteroatoms. The number of rotatable bonds is 8. The lowest BCUT2D eigenvalue weighted by Crippen LogP contribution is -2.33. The number of azide groups is 1. The Morgan fingerprint density at radius 1 is 1.29 bits per heavy atom. The van der Waals surface area contributed by atoms with E-state index in [9.17, 15) is 17.2 Å². The lowest BCUT2D eigenvalue weighted by atomic mass is 10.2. The normalized spacial score (nSPS) is 11.5. The van der Waals surface area contributed by atoms with Gasteiger partial charge in [0.25, 0.3) is 10.0 Å². The minimum Gasteiger partial charge on any atom is -0.363 e. The van der Waals surface area contributed by atoms with Gasteiger partial charge in [0.05, 0.1) is 15.7 Å². The van der Waals surface area contributed by atoms with Crippen LogP contribution >= 0.6 is 27.5 Å². The van der Waals surface area contributed by atoms with Gasteiger partial charge in [-0.05, 0) is 45.7 Å². The van der Waals surface area contributed by atoms with E-state index in [4.69, 9.17) is 21.9 Å². The van der Waals surface area contributed by atoms with Crippen molar-refractivity contribution in [3.05, 3.63) is 68.1 Å². The lowest BCUT2D eigenvalue weighted by Gasteiger charge is -2.24. The summed E-state index contributed by atoms with van der Waals surface area (Å²) in [5.74, 6) is -1.79. The number of aromatic nitrogens is 1. The Morgan fingerprint density at radius 3 is 2.71 bits per heavy atom. The molecule has 0 spiro atoms. The second-order valence-electron chi connectivity index (χ2n) is 6.29. The van der Waals surface area contributed by atoms with Crippen molar-refractivity contribution in [2.45, 2.75) is 11.4 Å². The third kappa shape index (κ3) is 4.63. The van der Waals surface area contributed by atoms with E-state index in [1.54, 1.807) is 10.6 Å². The van der Waals surface area contributed by atoms with Crippen LogP contribution in [0.5, 0.6) is 0 Å². The van der Waals surface area contributed by atoms with Gasteiger partial charge in [0.2, 0.25) is 0 Å². The number of halogens is 4. The van der Waals surface area contributed by atoms with E-state index in [-0.39, 0.29) is 22.5 Å². The summed E-state index contributed by atoms with van der Waals surface area (Å²) >= 11 is 8.94. The lowest BCUT2D eigenvalue weighted by molar-refractivity contribution is 0.209. The van der Waals surface area contributed by atoms with E-state index in [0.29, 0.717) is 20.2 Å². The van der Waals surface area contributed by atoms with Crippen molar-refractivity contribution in [1.29, 1.82) is 0 Å². The molecule has 0 fully saturated rings. The predicted molar refractivity (Wildman–Crippen MR) is 117 cm³/mol. The topological polar surface area (TPSA) is 100 Å². The van der Waals surface area contributed by atoms with E-state index >= 15 is 0 Å². The van der Waals surface area contributed by atoms with Crippen molar-refractivity contribution in [2.24, 2.45) is 5.11 Å². The van der Waals surface area contributed by atoms with Gasteiger partial charge in [-0.3, -0.25) is 0 Å². The Balaban J connectivity index is 2.21. The van der Waals surface area contributed by atoms with E-state index in [1.807, 2.05) is 0 Å². The maximum atomic E-state index is 14.6. The first-order chi connectivity index (χ1) is 14.7. The summed E-state index contributed by atoms with van der Waals surface area (Å²) in [6.07, 6.45) is 1.33. The van der Waals surface area contributed by atoms with Crippen molar-refractivity contribution in [3.63, 3.8) is 0 Å². The van der Waals surface area contributed by atoms with Gasteiger partial charge >= 0.3 is 0 Å². The molecule has 0 N–H and O–H groups in total. The molecule has 0 atom stereocenters. The molecular weight excluding hydrogens is 520 g/mol. The number of nitrogens with zero attached hydrogens (tertiary/aromatic N) is 5. The smallest absolute Gasteiger partial charge is 0.268 e. The summed E-state index contributed by atoms with van der Waals surface area (Å²) in [6.45, 7) is -0.304. The average molecular weight is 535 g/mol. The second kappa shape index (κ2) is 9.41. The zero-order valence-corrected chi connectivity index (χ0v) is 19.1. The SMILES string of the molecule is COCN(c1cc(F)c(Br)cc1F)S(=O)(=O)c1cn(CCN=[N+]=[N-])c2cc(Cl)ccc12. The van der Waals surface area contributed by atoms with Gasteiger partial charge in [-0.2, -0.15) is 0 Å². The molecule has 0 saturated heterocycles. The zero-order valence-electron chi connectivity index (χ0n) is 16.0. The van der Waals surface area contributed by atoms with Crippen LogP contribution in [0.25, 0.3) is 21.3 Å². The number of sulfonamides is 1. The molecule has 164 valence electrons. The Morgan fingerprint density at radius 2 is 2.03 bits per heavy atom. The molecule has 0 saturated carbocycles. The largest absolute Gasteiger partial charge is 0.363 e. The fourth-order valence-electron chi connectivity index (χ4n) is 3.03. The van der Waals surface area contributed by atoms with Crippen LogP contribution in [-0.2, 0) is 21.3 Å². The standard InChI is InChI=1S/C18H15BrClF2N5O3S/c1-30-10-27(17-8-14(21)13(19)7-15(17)22)31(28,29)18-9-26(5-4-24-25-23)16-6-11(20)2-3-12(16)18/h2-3,6-9H,4-5,10H2,1H3. The monoisotopic (exact) mass is 533 g/mol. The van der Waals surface area contributed by atoms with Crippen LogP contribution in [0.4, 0.5) is 14.5 Å². The Hall–Kier alpha value is -2.37. The molecule has 31 heavy (non-hydrogen) atoms. The van der Waals surface area contributed by atoms with Crippen molar-refractivity contribution in [1.82, 2.24) is 4.57 Å². The van der Waals surface area contributed by atoms with Gasteiger partial charge in [0.15, 0.2) is 0 Å². The van der Waals surface area contributed by atoms with Crippen LogP contribution in [0.15, 0.2) is 51.0 Å². The predicted octanol–water partition coefficient (Wildman–Crippen LogP) is 5.44. The summed E-state index contributed by atoms with van der Waals surface area (Å²) in [7, 11) is -3.16. The van der Waals surface area contributed by atoms with Crippen molar-refractivity contribution in [2.75, 3.05) is 24.7 Å². The Bertz CT molecular complexity index is 1300. The minimum atomic E-state index is -4.40. The van der Waals surface area contributed by atoms with E-state index < -0.39 is 34.1 Å². The number of anilines is 1. The highest BCUT2D eigenvalue weighted by molar-refractivity contribution is 9.10. The third-order valence-corrected chi connectivity index (χ3v) is 6.99. The molecule has 0 bridgehead atoms. The van der Waals surface area contributed by atoms with Crippen molar-refractivity contribution in [3.8, 4) is 0 Å². The van der Waals surface area contributed by atoms with Gasteiger partial charge in [-0.25, -0.2) is 21.5 Å². The van der Waals surface area contributed by atoms with Gasteiger partial charge in [0, 0.05) is 47.8 Å². The van der Waals surface area contributed by atoms with Crippen LogP contribution in [0.3, 0.4) is 0 Å². The first-order valence-corrected chi connectivity index (χ1v) is 11.3. The van der Waals surface area contributed by atoms with E-state index in [1.165, 1.54) is 25.4 Å². The summed E-state index contributed by atoms with van der Waals surface area (Å²) in [5.41, 5.74) is 8.47. The van der Waals surface area contributed by atoms with Crippen LogP contribution in [0.2, 0.25) is 5.02 Å². The van der Waals surface area contributed by atoms with Gasteiger partial charge in [0.1, 0.15) is 23.3 Å². The maximum Gasteiger partial charge on any atom is 0.268 e. The van der Waals surface area contributed by atoms with Crippen LogP contribution in [-0.4, -0.2) is 33.4 Å². The summed E-state index contributed by atoms with van der Waals surface area (Å²) in [6, 6.07) is 6.20. The molecule has 0 aliphatic rings. The molecule has 1 heterocycles. The van der Waals surface area contributed by atoms with E-state index in [2.05, 4.69) is 26.0 Å². The molecule has 0 radical (unpaired) electrons. The molecule has 0 aliphatic heterocycles. The highest BCUT2D eigenvalue weighted by atomic mass is 79.9. The van der Waals surface area contributed by atoms with Crippen molar-refractivity contribution >= 4 is 54.1 Å². The fourth-order valence-corrected chi connectivity index (χ4v) is 5.10. The average Bonchev–Trinajstić information content (AvgIpc) is 3.08. The van der Waals surface area contributed by atoms with Crippen LogP contribution in [0.1, 0.15) is 0 Å². The molecule has 0 unspecified atom stereocenters. The quantitative estimate of drug-likeness (QED) is 0.126. The van der Waals surface area contributed by atoms with Crippen LogP contribution < -0.4 is 4.31 Å². The minimum absolute atomic E-state index is 0.0701. The van der Waals surface area contributed by atoms with Gasteiger partial charge in [-0.15, -0.1) is 0 Å². The highest BCUT2D eigenvalue weighted by Crippen LogP contribution is 2.34. The maximum absolute atomic E-state index is 14.6. The highest BCUT2D eigenvalue weighted by Gasteiger charge is 2.31. The number of benzene rings is 2. The molecule has 3 rings (SSSR count). The number of hydrogen-bond donors (Lipinski definition) is 0. The van der Waals surface area contributed by atoms with Crippen LogP contribution in [0, 0.1) is 11.6 Å². The molecule has 0 amide bonds.